The lowest BCUT2D eigenvalue weighted by atomic mass is 9.85. The van der Waals surface area contributed by atoms with Crippen LogP contribution >= 0.6 is 22.9 Å². The van der Waals surface area contributed by atoms with E-state index in [0.717, 1.165) is 40.4 Å². The second-order valence-corrected chi connectivity index (χ2v) is 10.3. The molecule has 0 amide bonds. The van der Waals surface area contributed by atoms with Crippen LogP contribution in [0.15, 0.2) is 30.0 Å². The van der Waals surface area contributed by atoms with Crippen LogP contribution in [0.4, 0.5) is 0 Å². The fraction of sp³-hybridized carbons (Fsp3) is 0.435. The number of nitrogens with zero attached hydrogens (tertiary/aromatic N) is 1. The van der Waals surface area contributed by atoms with Gasteiger partial charge in [-0.05, 0) is 59.1 Å². The van der Waals surface area contributed by atoms with Crippen molar-refractivity contribution in [1.82, 2.24) is 4.98 Å². The number of aromatic nitrogens is 1. The highest BCUT2D eigenvalue weighted by molar-refractivity contribution is 7.16. The molecule has 2 aliphatic rings. The molecule has 0 aliphatic heterocycles. The smallest absolute Gasteiger partial charge is 0.316 e. The number of allylic oxidation sites excluding steroid dienone is 2. The van der Waals surface area contributed by atoms with Crippen molar-refractivity contribution in [2.24, 2.45) is 17.3 Å². The SMILES string of the molecule is Cc1nc(-c2ccc(Cl)cc2)sc1C1=C(OC(=O)C(C)(C)C)C2CCC(C2)C1=O. The van der Waals surface area contributed by atoms with E-state index in [4.69, 9.17) is 21.3 Å². The van der Waals surface area contributed by atoms with Crippen LogP contribution in [0.3, 0.4) is 0 Å². The fourth-order valence-electron chi connectivity index (χ4n) is 3.94. The first-order valence-electron chi connectivity index (χ1n) is 9.89. The number of benzene rings is 1. The van der Waals surface area contributed by atoms with E-state index in [2.05, 4.69) is 0 Å². The number of hydrogen-bond acceptors (Lipinski definition) is 5. The largest absolute Gasteiger partial charge is 0.430 e. The molecule has 4 nitrogen and oxygen atoms in total. The van der Waals surface area contributed by atoms with Crippen molar-refractivity contribution in [3.05, 3.63) is 45.6 Å². The number of esters is 1. The zero-order valence-electron chi connectivity index (χ0n) is 17.0. The number of ether oxygens (including phenoxy) is 1. The highest BCUT2D eigenvalue weighted by Gasteiger charge is 2.44. The van der Waals surface area contributed by atoms with Crippen molar-refractivity contribution >= 4 is 40.3 Å². The maximum Gasteiger partial charge on any atom is 0.316 e. The molecule has 29 heavy (non-hydrogen) atoms. The van der Waals surface area contributed by atoms with E-state index in [0.29, 0.717) is 16.4 Å². The van der Waals surface area contributed by atoms with Crippen molar-refractivity contribution in [1.29, 1.82) is 0 Å². The second-order valence-electron chi connectivity index (χ2n) is 8.89. The predicted octanol–water partition coefficient (Wildman–Crippen LogP) is 6.07. The van der Waals surface area contributed by atoms with Crippen LogP contribution < -0.4 is 0 Å². The molecule has 0 N–H and O–H groups in total. The van der Waals surface area contributed by atoms with Crippen LogP contribution in [-0.4, -0.2) is 16.7 Å². The van der Waals surface area contributed by atoms with Crippen LogP contribution in [0.25, 0.3) is 16.1 Å². The number of Topliss-reactive ketones (excluding diaryl/α,β-unsaturated/α-hetero) is 1. The standard InChI is InChI=1S/C23H24ClNO3S/c1-12-20(29-21(25-12)13-7-9-16(24)10-8-13)17-18(26)14-5-6-15(11-14)19(17)28-22(27)23(2,3)4/h7-10,14-15H,5-6,11H2,1-4H3. The number of rotatable bonds is 3. The number of carbonyl (C=O) groups is 2. The van der Waals surface area contributed by atoms with E-state index in [1.54, 1.807) is 0 Å². The van der Waals surface area contributed by atoms with Gasteiger partial charge in [0.15, 0.2) is 5.78 Å². The summed E-state index contributed by atoms with van der Waals surface area (Å²) in [6, 6.07) is 7.50. The average Bonchev–Trinajstić information content (AvgIpc) is 3.25. The summed E-state index contributed by atoms with van der Waals surface area (Å²) in [6.07, 6.45) is 2.51. The molecule has 4 rings (SSSR count). The molecule has 0 radical (unpaired) electrons. The van der Waals surface area contributed by atoms with E-state index in [1.165, 1.54) is 11.3 Å². The van der Waals surface area contributed by atoms with Crippen LogP contribution in [0.2, 0.25) is 5.02 Å². The molecule has 0 spiro atoms. The lowest BCUT2D eigenvalue weighted by Crippen LogP contribution is -2.28. The zero-order chi connectivity index (χ0) is 20.9. The van der Waals surface area contributed by atoms with Gasteiger partial charge in [0, 0.05) is 22.4 Å². The van der Waals surface area contributed by atoms with Gasteiger partial charge in [0.05, 0.1) is 21.6 Å². The van der Waals surface area contributed by atoms with Crippen molar-refractivity contribution in [2.45, 2.75) is 47.0 Å². The lowest BCUT2D eigenvalue weighted by molar-refractivity contribution is -0.149. The third kappa shape index (κ3) is 3.78. The normalized spacial score (nSPS) is 21.6. The first-order chi connectivity index (χ1) is 13.6. The molecular weight excluding hydrogens is 406 g/mol. The van der Waals surface area contributed by atoms with Gasteiger partial charge < -0.3 is 4.74 Å². The van der Waals surface area contributed by atoms with Gasteiger partial charge in [-0.25, -0.2) is 4.98 Å². The molecule has 1 saturated carbocycles. The Hall–Kier alpha value is -1.98. The Kier molecular flexibility index (Phi) is 5.16. The summed E-state index contributed by atoms with van der Waals surface area (Å²) in [6.45, 7) is 7.39. The third-order valence-corrected chi connectivity index (χ3v) is 7.07. The van der Waals surface area contributed by atoms with Gasteiger partial charge in [-0.1, -0.05) is 23.7 Å². The molecule has 1 fully saturated rings. The highest BCUT2D eigenvalue weighted by Crippen LogP contribution is 2.49. The summed E-state index contributed by atoms with van der Waals surface area (Å²) < 4.78 is 5.89. The van der Waals surface area contributed by atoms with Gasteiger partial charge in [-0.15, -0.1) is 11.3 Å². The molecule has 152 valence electrons. The van der Waals surface area contributed by atoms with Crippen molar-refractivity contribution in [3.8, 4) is 10.6 Å². The number of hydrogen-bond donors (Lipinski definition) is 0. The minimum Gasteiger partial charge on any atom is -0.430 e. The lowest BCUT2D eigenvalue weighted by Gasteiger charge is -2.27. The summed E-state index contributed by atoms with van der Waals surface area (Å²) in [4.78, 5) is 31.4. The summed E-state index contributed by atoms with van der Waals surface area (Å²) in [7, 11) is 0. The molecule has 2 unspecified atom stereocenters. The number of fused-ring (bicyclic) bond motifs is 2. The van der Waals surface area contributed by atoms with Crippen LogP contribution in [0.5, 0.6) is 0 Å². The molecule has 2 aromatic rings. The molecule has 1 heterocycles. The van der Waals surface area contributed by atoms with Gasteiger partial charge in [0.25, 0.3) is 0 Å². The Labute approximate surface area is 179 Å². The molecular formula is C23H24ClNO3S. The molecule has 2 bridgehead atoms. The third-order valence-electron chi connectivity index (χ3n) is 5.60. The molecule has 2 atom stereocenters. The maximum absolute atomic E-state index is 13.3. The van der Waals surface area contributed by atoms with Gasteiger partial charge in [0.2, 0.25) is 0 Å². The van der Waals surface area contributed by atoms with E-state index >= 15 is 0 Å². The molecule has 1 aromatic heterocycles. The quantitative estimate of drug-likeness (QED) is 0.555. The van der Waals surface area contributed by atoms with Gasteiger partial charge in [-0.3, -0.25) is 9.59 Å². The van der Waals surface area contributed by atoms with Crippen molar-refractivity contribution < 1.29 is 14.3 Å². The Balaban J connectivity index is 1.81. The summed E-state index contributed by atoms with van der Waals surface area (Å²) in [5.41, 5.74) is 1.67. The molecule has 0 saturated heterocycles. The topological polar surface area (TPSA) is 56.3 Å². The number of aryl methyl sites for hydroxylation is 1. The number of carbonyl (C=O) groups excluding carboxylic acids is 2. The summed E-state index contributed by atoms with van der Waals surface area (Å²) in [5.74, 6) is 0.484. The molecule has 2 aliphatic carbocycles. The van der Waals surface area contributed by atoms with Gasteiger partial charge in [0.1, 0.15) is 10.8 Å². The fourth-order valence-corrected chi connectivity index (χ4v) is 5.20. The Morgan fingerprint density at radius 3 is 2.48 bits per heavy atom. The number of halogens is 1. The van der Waals surface area contributed by atoms with Gasteiger partial charge >= 0.3 is 5.97 Å². The number of ketones is 1. The van der Waals surface area contributed by atoms with Crippen molar-refractivity contribution in [2.75, 3.05) is 0 Å². The zero-order valence-corrected chi connectivity index (χ0v) is 18.6. The average molecular weight is 430 g/mol. The summed E-state index contributed by atoms with van der Waals surface area (Å²) in [5, 5.41) is 1.49. The highest BCUT2D eigenvalue weighted by atomic mass is 35.5. The van der Waals surface area contributed by atoms with E-state index in [-0.39, 0.29) is 23.6 Å². The maximum atomic E-state index is 13.3. The minimum absolute atomic E-state index is 0.0209. The monoisotopic (exact) mass is 429 g/mol. The van der Waals surface area contributed by atoms with E-state index < -0.39 is 5.41 Å². The molecule has 6 heteroatoms. The van der Waals surface area contributed by atoms with Crippen LogP contribution in [0.1, 0.15) is 50.6 Å². The Morgan fingerprint density at radius 1 is 1.17 bits per heavy atom. The molecule has 1 aromatic carbocycles. The predicted molar refractivity (Wildman–Crippen MR) is 116 cm³/mol. The second kappa shape index (κ2) is 7.37. The van der Waals surface area contributed by atoms with Crippen LogP contribution in [-0.2, 0) is 14.3 Å². The van der Waals surface area contributed by atoms with Crippen molar-refractivity contribution in [3.63, 3.8) is 0 Å². The Bertz CT molecular complexity index is 1010. The Morgan fingerprint density at radius 2 is 1.83 bits per heavy atom. The summed E-state index contributed by atoms with van der Waals surface area (Å²) >= 11 is 7.48. The number of thiazole rings is 1. The van der Waals surface area contributed by atoms with E-state index in [1.807, 2.05) is 52.0 Å². The van der Waals surface area contributed by atoms with E-state index in [9.17, 15) is 9.59 Å². The van der Waals surface area contributed by atoms with Gasteiger partial charge in [-0.2, -0.15) is 0 Å². The first kappa shape index (κ1) is 20.3. The first-order valence-corrected chi connectivity index (χ1v) is 11.1. The van der Waals surface area contributed by atoms with Crippen LogP contribution in [0, 0.1) is 24.2 Å². The minimum atomic E-state index is -0.631.